The standard InChI is InChI=1S/C9H10N2O3S/c1-15-9-4-8(14-6-2-3-6)7(5-10-9)11(12)13/h4-6H,2-3H2,1H3. The van der Waals surface area contributed by atoms with E-state index in [1.807, 2.05) is 6.26 Å². The van der Waals surface area contributed by atoms with Gasteiger partial charge >= 0.3 is 5.69 Å². The Hall–Kier alpha value is -1.30. The van der Waals surface area contributed by atoms with Crippen molar-refractivity contribution in [1.82, 2.24) is 4.98 Å². The van der Waals surface area contributed by atoms with Crippen molar-refractivity contribution < 1.29 is 9.66 Å². The maximum atomic E-state index is 10.7. The number of nitrogens with zero attached hydrogens (tertiary/aromatic N) is 2. The quantitative estimate of drug-likeness (QED) is 0.447. The molecule has 0 spiro atoms. The molecular weight excluding hydrogens is 216 g/mol. The zero-order valence-corrected chi connectivity index (χ0v) is 8.99. The molecule has 0 aromatic carbocycles. The topological polar surface area (TPSA) is 65.3 Å². The van der Waals surface area contributed by atoms with E-state index in [0.717, 1.165) is 17.9 Å². The van der Waals surface area contributed by atoms with E-state index in [-0.39, 0.29) is 11.8 Å². The molecule has 1 aliphatic rings. The number of nitro groups is 1. The van der Waals surface area contributed by atoms with Gasteiger partial charge in [0.1, 0.15) is 6.20 Å². The third-order valence-corrected chi connectivity index (χ3v) is 2.69. The van der Waals surface area contributed by atoms with Crippen LogP contribution in [0.4, 0.5) is 5.69 Å². The molecule has 5 nitrogen and oxygen atoms in total. The normalized spacial score (nSPS) is 15.0. The van der Waals surface area contributed by atoms with E-state index < -0.39 is 4.92 Å². The van der Waals surface area contributed by atoms with Gasteiger partial charge in [-0.05, 0) is 19.1 Å². The summed E-state index contributed by atoms with van der Waals surface area (Å²) >= 11 is 1.44. The molecule has 0 radical (unpaired) electrons. The summed E-state index contributed by atoms with van der Waals surface area (Å²) in [5.74, 6) is 0.335. The summed E-state index contributed by atoms with van der Waals surface area (Å²) in [5, 5.41) is 11.4. The molecule has 1 aromatic rings. The molecule has 0 N–H and O–H groups in total. The summed E-state index contributed by atoms with van der Waals surface area (Å²) in [4.78, 5) is 14.2. The first-order chi connectivity index (χ1) is 7.20. The van der Waals surface area contributed by atoms with E-state index in [0.29, 0.717) is 5.75 Å². The van der Waals surface area contributed by atoms with Gasteiger partial charge in [0.05, 0.1) is 16.1 Å². The van der Waals surface area contributed by atoms with Gasteiger partial charge in [0, 0.05) is 6.07 Å². The van der Waals surface area contributed by atoms with E-state index in [4.69, 9.17) is 4.74 Å². The average Bonchev–Trinajstić information content (AvgIpc) is 3.01. The summed E-state index contributed by atoms with van der Waals surface area (Å²) in [6, 6.07) is 1.63. The predicted molar refractivity (Wildman–Crippen MR) is 56.3 cm³/mol. The van der Waals surface area contributed by atoms with Gasteiger partial charge in [-0.1, -0.05) is 0 Å². The van der Waals surface area contributed by atoms with Gasteiger partial charge in [0.15, 0.2) is 0 Å². The molecule has 1 fully saturated rings. The minimum atomic E-state index is -0.463. The Labute approximate surface area is 91.0 Å². The molecule has 0 bridgehead atoms. The van der Waals surface area contributed by atoms with Crippen molar-refractivity contribution in [3.05, 3.63) is 22.4 Å². The highest BCUT2D eigenvalue weighted by molar-refractivity contribution is 7.98. The van der Waals surface area contributed by atoms with Crippen molar-refractivity contribution >= 4 is 17.4 Å². The molecule has 15 heavy (non-hydrogen) atoms. The van der Waals surface area contributed by atoms with E-state index in [2.05, 4.69) is 4.98 Å². The number of aromatic nitrogens is 1. The summed E-state index contributed by atoms with van der Waals surface area (Å²) in [6.45, 7) is 0. The van der Waals surface area contributed by atoms with Crippen LogP contribution in [0.15, 0.2) is 17.3 Å². The number of hydrogen-bond acceptors (Lipinski definition) is 5. The Morgan fingerprint density at radius 3 is 2.93 bits per heavy atom. The first kappa shape index (κ1) is 10.2. The molecule has 2 rings (SSSR count). The Kier molecular flexibility index (Phi) is 2.77. The molecule has 1 aliphatic carbocycles. The SMILES string of the molecule is CSc1cc(OC2CC2)c([N+](=O)[O-])cn1. The lowest BCUT2D eigenvalue weighted by molar-refractivity contribution is -0.386. The van der Waals surface area contributed by atoms with Crippen molar-refractivity contribution in [2.75, 3.05) is 6.26 Å². The van der Waals surface area contributed by atoms with E-state index in [9.17, 15) is 10.1 Å². The largest absolute Gasteiger partial charge is 0.483 e. The molecule has 0 aliphatic heterocycles. The minimum absolute atomic E-state index is 0.0558. The van der Waals surface area contributed by atoms with Gasteiger partial charge in [-0.2, -0.15) is 0 Å². The summed E-state index contributed by atoms with van der Waals surface area (Å²) in [5.41, 5.74) is -0.0558. The Bertz CT molecular complexity index is 393. The molecule has 1 saturated carbocycles. The zero-order chi connectivity index (χ0) is 10.8. The van der Waals surface area contributed by atoms with E-state index in [1.165, 1.54) is 18.0 Å². The Balaban J connectivity index is 2.30. The fourth-order valence-corrected chi connectivity index (χ4v) is 1.50. The van der Waals surface area contributed by atoms with Crippen molar-refractivity contribution in [2.24, 2.45) is 0 Å². The predicted octanol–water partition coefficient (Wildman–Crippen LogP) is 2.25. The molecule has 0 amide bonds. The lowest BCUT2D eigenvalue weighted by Crippen LogP contribution is -2.01. The van der Waals surface area contributed by atoms with Crippen LogP contribution in [0.5, 0.6) is 5.75 Å². The van der Waals surface area contributed by atoms with Crippen molar-refractivity contribution in [2.45, 2.75) is 24.0 Å². The maximum absolute atomic E-state index is 10.7. The van der Waals surface area contributed by atoms with E-state index >= 15 is 0 Å². The number of thioether (sulfide) groups is 1. The highest BCUT2D eigenvalue weighted by Gasteiger charge is 2.27. The van der Waals surface area contributed by atoms with Gasteiger partial charge in [-0.15, -0.1) is 11.8 Å². The van der Waals surface area contributed by atoms with Gasteiger partial charge in [0.2, 0.25) is 5.75 Å². The Morgan fingerprint density at radius 2 is 2.40 bits per heavy atom. The van der Waals surface area contributed by atoms with Crippen LogP contribution in [-0.4, -0.2) is 22.3 Å². The fraction of sp³-hybridized carbons (Fsp3) is 0.444. The maximum Gasteiger partial charge on any atom is 0.329 e. The van der Waals surface area contributed by atoms with Gasteiger partial charge < -0.3 is 4.74 Å². The van der Waals surface area contributed by atoms with Crippen molar-refractivity contribution in [1.29, 1.82) is 0 Å². The van der Waals surface area contributed by atoms with Gasteiger partial charge in [-0.25, -0.2) is 4.98 Å². The Morgan fingerprint density at radius 1 is 1.67 bits per heavy atom. The number of ether oxygens (including phenoxy) is 1. The lowest BCUT2D eigenvalue weighted by atomic mass is 10.4. The highest BCUT2D eigenvalue weighted by atomic mass is 32.2. The fourth-order valence-electron chi connectivity index (χ4n) is 1.12. The van der Waals surface area contributed by atoms with Crippen LogP contribution in [0.2, 0.25) is 0 Å². The monoisotopic (exact) mass is 226 g/mol. The van der Waals surface area contributed by atoms with Crippen molar-refractivity contribution in [3.63, 3.8) is 0 Å². The first-order valence-corrected chi connectivity index (χ1v) is 5.78. The third kappa shape index (κ3) is 2.38. The van der Waals surface area contributed by atoms with Gasteiger partial charge in [-0.3, -0.25) is 10.1 Å². The van der Waals surface area contributed by atoms with Crippen LogP contribution < -0.4 is 4.74 Å². The molecule has 0 unspecified atom stereocenters. The van der Waals surface area contributed by atoms with Crippen LogP contribution in [-0.2, 0) is 0 Å². The van der Waals surface area contributed by atoms with Gasteiger partial charge in [0.25, 0.3) is 0 Å². The van der Waals surface area contributed by atoms with Crippen LogP contribution >= 0.6 is 11.8 Å². The number of hydrogen-bond donors (Lipinski definition) is 0. The highest BCUT2D eigenvalue weighted by Crippen LogP contribution is 2.34. The molecule has 1 aromatic heterocycles. The molecule has 1 heterocycles. The number of pyridine rings is 1. The third-order valence-electron chi connectivity index (χ3n) is 2.04. The molecule has 80 valence electrons. The van der Waals surface area contributed by atoms with Crippen LogP contribution in [0, 0.1) is 10.1 Å². The summed E-state index contributed by atoms with van der Waals surface area (Å²) < 4.78 is 5.47. The molecule has 6 heteroatoms. The lowest BCUT2D eigenvalue weighted by Gasteiger charge is -2.05. The second kappa shape index (κ2) is 4.06. The smallest absolute Gasteiger partial charge is 0.329 e. The molecule has 0 atom stereocenters. The summed E-state index contributed by atoms with van der Waals surface area (Å²) in [7, 11) is 0. The second-order valence-electron chi connectivity index (χ2n) is 3.27. The molecule has 0 saturated heterocycles. The van der Waals surface area contributed by atoms with Crippen LogP contribution in [0.1, 0.15) is 12.8 Å². The second-order valence-corrected chi connectivity index (χ2v) is 4.10. The molecular formula is C9H10N2O3S. The van der Waals surface area contributed by atoms with Crippen LogP contribution in [0.25, 0.3) is 0 Å². The average molecular weight is 226 g/mol. The number of rotatable bonds is 4. The van der Waals surface area contributed by atoms with Crippen LogP contribution in [0.3, 0.4) is 0 Å². The minimum Gasteiger partial charge on any atom is -0.483 e. The van der Waals surface area contributed by atoms with Crippen molar-refractivity contribution in [3.8, 4) is 5.75 Å². The zero-order valence-electron chi connectivity index (χ0n) is 8.17. The summed E-state index contributed by atoms with van der Waals surface area (Å²) in [6.07, 6.45) is 5.24. The first-order valence-electron chi connectivity index (χ1n) is 4.56. The van der Waals surface area contributed by atoms with E-state index in [1.54, 1.807) is 6.07 Å².